The van der Waals surface area contributed by atoms with Crippen LogP contribution < -0.4 is 0 Å². The Morgan fingerprint density at radius 3 is 2.93 bits per heavy atom. The first kappa shape index (κ1) is 10.3. The number of aryl methyl sites for hydroxylation is 2. The highest BCUT2D eigenvalue weighted by Gasteiger charge is 2.12. The molecule has 5 heteroatoms. The van der Waals surface area contributed by atoms with Crippen LogP contribution in [0.1, 0.15) is 22.4 Å². The number of aliphatic hydroxyl groups excluding tert-OH is 1. The summed E-state index contributed by atoms with van der Waals surface area (Å²) in [4.78, 5) is 4.25. The average molecular weight is 223 g/mol. The summed E-state index contributed by atoms with van der Waals surface area (Å²) in [7, 11) is 1.86. The third kappa shape index (κ3) is 2.43. The van der Waals surface area contributed by atoms with Crippen LogP contribution in [0.5, 0.6) is 0 Å². The molecule has 15 heavy (non-hydrogen) atoms. The summed E-state index contributed by atoms with van der Waals surface area (Å²) < 4.78 is 1.73. The summed E-state index contributed by atoms with van der Waals surface area (Å²) in [6, 6.07) is 0. The summed E-state index contributed by atoms with van der Waals surface area (Å²) in [5.41, 5.74) is 1.78. The van der Waals surface area contributed by atoms with Gasteiger partial charge in [0.2, 0.25) is 0 Å². The molecule has 0 bridgehead atoms. The van der Waals surface area contributed by atoms with Crippen LogP contribution in [0.2, 0.25) is 0 Å². The normalized spacial score (nSPS) is 13.0. The van der Waals surface area contributed by atoms with Crippen molar-refractivity contribution in [3.63, 3.8) is 0 Å². The Hall–Kier alpha value is -1.20. The first-order valence-corrected chi connectivity index (χ1v) is 5.61. The van der Waals surface area contributed by atoms with Crippen LogP contribution in [0.4, 0.5) is 0 Å². The van der Waals surface area contributed by atoms with Gasteiger partial charge in [-0.1, -0.05) is 0 Å². The molecule has 0 aliphatic carbocycles. The molecule has 0 amide bonds. The number of aliphatic hydroxyl groups is 1. The summed E-state index contributed by atoms with van der Waals surface area (Å²) in [5.74, 6) is 0. The van der Waals surface area contributed by atoms with Crippen molar-refractivity contribution in [1.82, 2.24) is 14.8 Å². The number of thiazole rings is 1. The summed E-state index contributed by atoms with van der Waals surface area (Å²) in [6.45, 7) is 1.94. The molecule has 0 saturated carbocycles. The summed E-state index contributed by atoms with van der Waals surface area (Å²) in [6.07, 6.45) is 3.71. The van der Waals surface area contributed by atoms with E-state index in [1.54, 1.807) is 22.2 Å². The maximum absolute atomic E-state index is 9.90. The minimum Gasteiger partial charge on any atom is -0.386 e. The highest BCUT2D eigenvalue weighted by Crippen LogP contribution is 2.19. The highest BCUT2D eigenvalue weighted by molar-refractivity contribution is 7.09. The van der Waals surface area contributed by atoms with E-state index in [9.17, 15) is 5.11 Å². The molecule has 0 aliphatic heterocycles. The molecular weight excluding hydrogens is 210 g/mol. The number of hydrogen-bond acceptors (Lipinski definition) is 4. The Labute approximate surface area is 92.2 Å². The van der Waals surface area contributed by atoms with Crippen molar-refractivity contribution < 1.29 is 5.11 Å². The standard InChI is InChI=1S/C10H13N3OS/c1-7-12-9(6-15-7)10(14)3-8-4-11-13(2)5-8/h4-6,10,14H,3H2,1-2H3. The topological polar surface area (TPSA) is 50.9 Å². The van der Waals surface area contributed by atoms with E-state index in [0.717, 1.165) is 16.3 Å². The van der Waals surface area contributed by atoms with Gasteiger partial charge in [-0.05, 0) is 12.5 Å². The zero-order valence-electron chi connectivity index (χ0n) is 8.71. The molecule has 2 rings (SSSR count). The van der Waals surface area contributed by atoms with E-state index in [4.69, 9.17) is 0 Å². The molecule has 0 radical (unpaired) electrons. The van der Waals surface area contributed by atoms with Crippen LogP contribution in [0.15, 0.2) is 17.8 Å². The van der Waals surface area contributed by atoms with Crippen LogP contribution >= 0.6 is 11.3 Å². The van der Waals surface area contributed by atoms with E-state index in [-0.39, 0.29) is 0 Å². The fourth-order valence-corrected chi connectivity index (χ4v) is 2.10. The van der Waals surface area contributed by atoms with Crippen LogP contribution in [-0.2, 0) is 13.5 Å². The number of rotatable bonds is 3. The van der Waals surface area contributed by atoms with Crippen molar-refractivity contribution >= 4 is 11.3 Å². The molecule has 2 aromatic heterocycles. The molecule has 4 nitrogen and oxygen atoms in total. The van der Waals surface area contributed by atoms with Gasteiger partial charge in [-0.25, -0.2) is 4.98 Å². The van der Waals surface area contributed by atoms with Crippen LogP contribution in [-0.4, -0.2) is 19.9 Å². The molecule has 0 fully saturated rings. The monoisotopic (exact) mass is 223 g/mol. The molecule has 0 aromatic carbocycles. The largest absolute Gasteiger partial charge is 0.386 e. The Balaban J connectivity index is 2.06. The molecule has 0 spiro atoms. The van der Waals surface area contributed by atoms with E-state index in [2.05, 4.69) is 10.1 Å². The quantitative estimate of drug-likeness (QED) is 0.857. The molecule has 0 saturated heterocycles. The van der Waals surface area contributed by atoms with Crippen molar-refractivity contribution in [1.29, 1.82) is 0 Å². The van der Waals surface area contributed by atoms with Gasteiger partial charge in [0.25, 0.3) is 0 Å². The molecule has 2 heterocycles. The molecule has 2 aromatic rings. The van der Waals surface area contributed by atoms with Crippen molar-refractivity contribution in [3.8, 4) is 0 Å². The van der Waals surface area contributed by atoms with Gasteiger partial charge < -0.3 is 5.11 Å². The predicted molar refractivity (Wildman–Crippen MR) is 58.7 cm³/mol. The van der Waals surface area contributed by atoms with E-state index in [1.807, 2.05) is 25.5 Å². The SMILES string of the molecule is Cc1nc(C(O)Cc2cnn(C)c2)cs1. The van der Waals surface area contributed by atoms with Crippen LogP contribution in [0.3, 0.4) is 0 Å². The van der Waals surface area contributed by atoms with Crippen molar-refractivity contribution in [2.75, 3.05) is 0 Å². The molecule has 1 atom stereocenters. The smallest absolute Gasteiger partial charge is 0.101 e. The van der Waals surface area contributed by atoms with Crippen molar-refractivity contribution in [3.05, 3.63) is 34.0 Å². The molecular formula is C10H13N3OS. The van der Waals surface area contributed by atoms with Gasteiger partial charge in [-0.2, -0.15) is 5.10 Å². The van der Waals surface area contributed by atoms with E-state index >= 15 is 0 Å². The Morgan fingerprint density at radius 2 is 2.40 bits per heavy atom. The third-order valence-corrected chi connectivity index (χ3v) is 2.96. The minimum atomic E-state index is -0.529. The number of nitrogens with zero attached hydrogens (tertiary/aromatic N) is 3. The average Bonchev–Trinajstić information content (AvgIpc) is 2.75. The predicted octanol–water partition coefficient (Wildman–Crippen LogP) is 1.46. The van der Waals surface area contributed by atoms with Gasteiger partial charge >= 0.3 is 0 Å². The second kappa shape index (κ2) is 4.12. The second-order valence-electron chi connectivity index (χ2n) is 3.53. The molecule has 1 N–H and O–H groups in total. The zero-order valence-corrected chi connectivity index (χ0v) is 9.53. The maximum atomic E-state index is 9.90. The van der Waals surface area contributed by atoms with Crippen LogP contribution in [0, 0.1) is 6.92 Å². The first-order valence-electron chi connectivity index (χ1n) is 4.73. The Bertz CT molecular complexity index is 449. The van der Waals surface area contributed by atoms with Gasteiger partial charge in [0.15, 0.2) is 0 Å². The van der Waals surface area contributed by atoms with E-state index in [1.165, 1.54) is 0 Å². The van der Waals surface area contributed by atoms with Gasteiger partial charge in [-0.3, -0.25) is 4.68 Å². The van der Waals surface area contributed by atoms with Crippen molar-refractivity contribution in [2.24, 2.45) is 7.05 Å². The van der Waals surface area contributed by atoms with Crippen molar-refractivity contribution in [2.45, 2.75) is 19.4 Å². The zero-order chi connectivity index (χ0) is 10.8. The van der Waals surface area contributed by atoms with E-state index < -0.39 is 6.10 Å². The summed E-state index contributed by atoms with van der Waals surface area (Å²) >= 11 is 1.56. The first-order chi connectivity index (χ1) is 7.15. The third-order valence-electron chi connectivity index (χ3n) is 2.17. The lowest BCUT2D eigenvalue weighted by molar-refractivity contribution is 0.174. The highest BCUT2D eigenvalue weighted by atomic mass is 32.1. The minimum absolute atomic E-state index is 0.529. The van der Waals surface area contributed by atoms with E-state index in [0.29, 0.717) is 6.42 Å². The fourth-order valence-electron chi connectivity index (χ4n) is 1.44. The Morgan fingerprint density at radius 1 is 1.60 bits per heavy atom. The molecule has 80 valence electrons. The molecule has 1 unspecified atom stereocenters. The lowest BCUT2D eigenvalue weighted by Crippen LogP contribution is -2.01. The maximum Gasteiger partial charge on any atom is 0.101 e. The lowest BCUT2D eigenvalue weighted by Gasteiger charge is -2.04. The van der Waals surface area contributed by atoms with Gasteiger partial charge in [0.1, 0.15) is 6.10 Å². The lowest BCUT2D eigenvalue weighted by atomic mass is 10.1. The summed E-state index contributed by atoms with van der Waals surface area (Å²) in [5, 5.41) is 16.8. The molecule has 0 aliphatic rings. The van der Waals surface area contributed by atoms with Gasteiger partial charge in [0, 0.05) is 25.0 Å². The van der Waals surface area contributed by atoms with Crippen LogP contribution in [0.25, 0.3) is 0 Å². The fraction of sp³-hybridized carbons (Fsp3) is 0.400. The number of aromatic nitrogens is 3. The second-order valence-corrected chi connectivity index (χ2v) is 4.60. The number of hydrogen-bond donors (Lipinski definition) is 1. The Kier molecular flexibility index (Phi) is 2.83. The van der Waals surface area contributed by atoms with Gasteiger partial charge in [-0.15, -0.1) is 11.3 Å². The van der Waals surface area contributed by atoms with Gasteiger partial charge in [0.05, 0.1) is 16.9 Å².